The van der Waals surface area contributed by atoms with Crippen LogP contribution in [-0.4, -0.2) is 47.2 Å². The maximum atomic E-state index is 12.5. The number of H-pyrrole nitrogens is 1. The minimum Gasteiger partial charge on any atom is -0.396 e. The largest absolute Gasteiger partial charge is 0.396 e. The number of rotatable bonds is 4. The third kappa shape index (κ3) is 2.36. The SMILES string of the molecule is Nc1[nH]ncc1S(=O)(=O)N1CCCCC1CCO. The molecule has 8 heteroatoms. The van der Waals surface area contributed by atoms with Gasteiger partial charge in [-0.15, -0.1) is 0 Å². The number of anilines is 1. The van der Waals surface area contributed by atoms with Crippen LogP contribution in [0.3, 0.4) is 0 Å². The number of aromatic amines is 1. The van der Waals surface area contributed by atoms with Crippen LogP contribution in [0.4, 0.5) is 5.82 Å². The minimum atomic E-state index is -3.62. The maximum absolute atomic E-state index is 12.5. The maximum Gasteiger partial charge on any atom is 0.248 e. The lowest BCUT2D eigenvalue weighted by molar-refractivity contribution is 0.192. The Kier molecular flexibility index (Phi) is 3.88. The molecule has 0 saturated carbocycles. The second kappa shape index (κ2) is 5.25. The summed E-state index contributed by atoms with van der Waals surface area (Å²) in [4.78, 5) is 0.0207. The average molecular weight is 274 g/mol. The average Bonchev–Trinajstić information content (AvgIpc) is 2.77. The summed E-state index contributed by atoms with van der Waals surface area (Å²) in [5.41, 5.74) is 5.58. The van der Waals surface area contributed by atoms with Gasteiger partial charge in [-0.05, 0) is 19.3 Å². The van der Waals surface area contributed by atoms with Crippen molar-refractivity contribution in [3.8, 4) is 0 Å². The molecule has 7 nitrogen and oxygen atoms in total. The van der Waals surface area contributed by atoms with Crippen molar-refractivity contribution in [3.63, 3.8) is 0 Å². The highest BCUT2D eigenvalue weighted by atomic mass is 32.2. The van der Waals surface area contributed by atoms with Crippen LogP contribution in [-0.2, 0) is 10.0 Å². The van der Waals surface area contributed by atoms with E-state index in [0.29, 0.717) is 13.0 Å². The van der Waals surface area contributed by atoms with Crippen molar-refractivity contribution in [2.24, 2.45) is 0 Å². The lowest BCUT2D eigenvalue weighted by atomic mass is 10.0. The number of aliphatic hydroxyl groups is 1. The van der Waals surface area contributed by atoms with Gasteiger partial charge in [-0.3, -0.25) is 5.10 Å². The monoisotopic (exact) mass is 274 g/mol. The number of hydrogen-bond acceptors (Lipinski definition) is 5. The van der Waals surface area contributed by atoms with E-state index in [1.54, 1.807) is 0 Å². The van der Waals surface area contributed by atoms with Crippen molar-refractivity contribution >= 4 is 15.8 Å². The number of aliphatic hydroxyl groups excluding tert-OH is 1. The number of aromatic nitrogens is 2. The molecule has 1 aliphatic heterocycles. The van der Waals surface area contributed by atoms with Gasteiger partial charge in [0.05, 0.1) is 6.20 Å². The standard InChI is InChI=1S/C10H18N4O3S/c11-10-9(7-12-13-10)18(16,17)14-5-2-1-3-8(14)4-6-15/h7-8,15H,1-6H2,(H3,11,12,13). The molecular formula is C10H18N4O3S. The van der Waals surface area contributed by atoms with E-state index in [0.717, 1.165) is 19.3 Å². The van der Waals surface area contributed by atoms with Crippen LogP contribution in [0.1, 0.15) is 25.7 Å². The molecular weight excluding hydrogens is 256 g/mol. The molecule has 0 bridgehead atoms. The molecule has 2 rings (SSSR count). The van der Waals surface area contributed by atoms with Gasteiger partial charge in [0.1, 0.15) is 10.7 Å². The summed E-state index contributed by atoms with van der Waals surface area (Å²) < 4.78 is 26.4. The molecule has 1 atom stereocenters. The molecule has 102 valence electrons. The Hall–Kier alpha value is -1.12. The Bertz CT molecular complexity index is 497. The summed E-state index contributed by atoms with van der Waals surface area (Å²) in [7, 11) is -3.62. The summed E-state index contributed by atoms with van der Waals surface area (Å²) in [6.07, 6.45) is 4.28. The van der Waals surface area contributed by atoms with Crippen molar-refractivity contribution < 1.29 is 13.5 Å². The Morgan fingerprint density at radius 2 is 2.33 bits per heavy atom. The third-order valence-corrected chi connectivity index (χ3v) is 5.23. The topological polar surface area (TPSA) is 112 Å². The van der Waals surface area contributed by atoms with Gasteiger partial charge in [0, 0.05) is 19.2 Å². The number of hydrogen-bond donors (Lipinski definition) is 3. The summed E-state index contributed by atoms with van der Waals surface area (Å²) >= 11 is 0. The number of nitrogens with zero attached hydrogens (tertiary/aromatic N) is 2. The molecule has 1 aliphatic rings. The third-order valence-electron chi connectivity index (χ3n) is 3.25. The van der Waals surface area contributed by atoms with Crippen molar-refractivity contribution in [3.05, 3.63) is 6.20 Å². The second-order valence-electron chi connectivity index (χ2n) is 4.43. The van der Waals surface area contributed by atoms with Crippen molar-refractivity contribution in [1.29, 1.82) is 0 Å². The smallest absolute Gasteiger partial charge is 0.248 e. The molecule has 1 aromatic heterocycles. The molecule has 1 saturated heterocycles. The van der Waals surface area contributed by atoms with E-state index in [9.17, 15) is 8.42 Å². The highest BCUT2D eigenvalue weighted by molar-refractivity contribution is 7.89. The van der Waals surface area contributed by atoms with E-state index in [2.05, 4.69) is 10.2 Å². The first-order valence-corrected chi connectivity index (χ1v) is 7.43. The Labute approximate surface area is 106 Å². The van der Waals surface area contributed by atoms with E-state index in [1.165, 1.54) is 10.5 Å². The van der Waals surface area contributed by atoms with Gasteiger partial charge in [0.15, 0.2) is 0 Å². The first-order chi connectivity index (χ1) is 8.57. The fourth-order valence-electron chi connectivity index (χ4n) is 2.34. The summed E-state index contributed by atoms with van der Waals surface area (Å²) in [5.74, 6) is 0.0586. The summed E-state index contributed by atoms with van der Waals surface area (Å²) in [6.45, 7) is 0.454. The first kappa shape index (κ1) is 13.3. The number of nitrogens with two attached hydrogens (primary N) is 1. The van der Waals surface area contributed by atoms with E-state index >= 15 is 0 Å². The predicted molar refractivity (Wildman–Crippen MR) is 66.2 cm³/mol. The number of piperidine rings is 1. The van der Waals surface area contributed by atoms with E-state index in [4.69, 9.17) is 10.8 Å². The number of nitrogen functional groups attached to an aromatic ring is 1. The zero-order valence-electron chi connectivity index (χ0n) is 10.0. The van der Waals surface area contributed by atoms with E-state index < -0.39 is 10.0 Å². The van der Waals surface area contributed by atoms with Crippen LogP contribution in [0.15, 0.2) is 11.1 Å². The lowest BCUT2D eigenvalue weighted by Gasteiger charge is -2.34. The minimum absolute atomic E-state index is 0.0163. The predicted octanol–water partition coefficient (Wildman–Crippen LogP) is -0.0825. The van der Waals surface area contributed by atoms with Crippen molar-refractivity contribution in [2.75, 3.05) is 18.9 Å². The van der Waals surface area contributed by atoms with Gasteiger partial charge in [0.25, 0.3) is 0 Å². The second-order valence-corrected chi connectivity index (χ2v) is 6.28. The Morgan fingerprint density at radius 1 is 1.56 bits per heavy atom. The zero-order chi connectivity index (χ0) is 13.2. The molecule has 0 radical (unpaired) electrons. The number of sulfonamides is 1. The highest BCUT2D eigenvalue weighted by Gasteiger charge is 2.34. The normalized spacial score (nSPS) is 22.2. The molecule has 2 heterocycles. The van der Waals surface area contributed by atoms with Crippen LogP contribution in [0.2, 0.25) is 0 Å². The molecule has 0 spiro atoms. The molecule has 1 unspecified atom stereocenters. The highest BCUT2D eigenvalue weighted by Crippen LogP contribution is 2.28. The molecule has 4 N–H and O–H groups in total. The molecule has 1 aromatic rings. The van der Waals surface area contributed by atoms with E-state index in [1.807, 2.05) is 0 Å². The van der Waals surface area contributed by atoms with Crippen LogP contribution < -0.4 is 5.73 Å². The molecule has 0 aliphatic carbocycles. The van der Waals surface area contributed by atoms with E-state index in [-0.39, 0.29) is 23.4 Å². The van der Waals surface area contributed by atoms with Crippen LogP contribution in [0, 0.1) is 0 Å². The van der Waals surface area contributed by atoms with Gasteiger partial charge in [-0.25, -0.2) is 8.42 Å². The first-order valence-electron chi connectivity index (χ1n) is 5.99. The van der Waals surface area contributed by atoms with Crippen LogP contribution in [0.25, 0.3) is 0 Å². The van der Waals surface area contributed by atoms with Gasteiger partial charge in [-0.1, -0.05) is 6.42 Å². The Balaban J connectivity index is 2.30. The van der Waals surface area contributed by atoms with Crippen LogP contribution >= 0.6 is 0 Å². The Morgan fingerprint density at radius 3 is 2.94 bits per heavy atom. The van der Waals surface area contributed by atoms with Crippen molar-refractivity contribution in [2.45, 2.75) is 36.6 Å². The fraction of sp³-hybridized carbons (Fsp3) is 0.700. The summed E-state index contributed by atoms with van der Waals surface area (Å²) in [6, 6.07) is -0.150. The summed E-state index contributed by atoms with van der Waals surface area (Å²) in [5, 5.41) is 15.1. The van der Waals surface area contributed by atoms with Crippen LogP contribution in [0.5, 0.6) is 0 Å². The zero-order valence-corrected chi connectivity index (χ0v) is 10.9. The quantitative estimate of drug-likeness (QED) is 0.710. The van der Waals surface area contributed by atoms with Gasteiger partial charge >= 0.3 is 0 Å². The lowest BCUT2D eigenvalue weighted by Crippen LogP contribution is -2.44. The fourth-order valence-corrected chi connectivity index (χ4v) is 4.08. The molecule has 18 heavy (non-hydrogen) atoms. The van der Waals surface area contributed by atoms with Gasteiger partial charge in [-0.2, -0.15) is 9.40 Å². The van der Waals surface area contributed by atoms with Gasteiger partial charge in [0.2, 0.25) is 10.0 Å². The molecule has 1 fully saturated rings. The van der Waals surface area contributed by atoms with Crippen molar-refractivity contribution in [1.82, 2.24) is 14.5 Å². The van der Waals surface area contributed by atoms with Gasteiger partial charge < -0.3 is 10.8 Å². The molecule has 0 aromatic carbocycles. The number of nitrogens with one attached hydrogen (secondary N) is 1. The molecule has 0 amide bonds.